The highest BCUT2D eigenvalue weighted by Gasteiger charge is 2.38. The van der Waals surface area contributed by atoms with Crippen molar-refractivity contribution in [3.8, 4) is 0 Å². The van der Waals surface area contributed by atoms with Crippen LogP contribution in [-0.4, -0.2) is 60.5 Å². The zero-order valence-electron chi connectivity index (χ0n) is 11.2. The number of carbonyl (C=O) groups excluding carboxylic acids is 3. The van der Waals surface area contributed by atoms with Crippen LogP contribution in [0.3, 0.4) is 0 Å². The third kappa shape index (κ3) is 5.90. The van der Waals surface area contributed by atoms with Crippen LogP contribution in [0.5, 0.6) is 0 Å². The van der Waals surface area contributed by atoms with Gasteiger partial charge in [0.15, 0.2) is 18.3 Å². The van der Waals surface area contributed by atoms with Gasteiger partial charge < -0.3 is 18.9 Å². The van der Waals surface area contributed by atoms with E-state index in [0.29, 0.717) is 0 Å². The maximum atomic E-state index is 11.4. The van der Waals surface area contributed by atoms with Crippen LogP contribution >= 0.6 is 34.8 Å². The number of hydrogen-bond acceptors (Lipinski definition) is 7. The van der Waals surface area contributed by atoms with E-state index in [4.69, 9.17) is 53.8 Å². The molecule has 0 bridgehead atoms. The van der Waals surface area contributed by atoms with E-state index in [0.717, 1.165) is 0 Å². The van der Waals surface area contributed by atoms with Crippen molar-refractivity contribution < 1.29 is 33.3 Å². The van der Waals surface area contributed by atoms with Crippen LogP contribution in [-0.2, 0) is 33.3 Å². The number of rotatable bonds is 7. The average Bonchev–Trinajstić information content (AvgIpc) is 2.54. The monoisotopic (exact) mass is 374 g/mol. The molecular formula is C12H13Cl3O7. The summed E-state index contributed by atoms with van der Waals surface area (Å²) in [6.45, 7) is -0.245. The summed E-state index contributed by atoms with van der Waals surface area (Å²) >= 11 is 16.1. The fourth-order valence-electron chi connectivity index (χ4n) is 1.59. The minimum atomic E-state index is -1.04. The Hall–Kier alpha value is -1.18. The molecule has 0 radical (unpaired) electrons. The molecular weight excluding hydrogens is 362 g/mol. The fourth-order valence-corrected chi connectivity index (χ4v) is 1.79. The quantitative estimate of drug-likeness (QED) is 0.372. The standard InChI is InChI=1S/C12H13Cl3O7/c13-3-9(16)20-6-8-12(22-11(18)5-15)7(1-2-19-8)21-10(17)4-14/h1-2,7-8,12H,3-6H2/t7-,8-,12+/m1/s1. The number of halogens is 3. The highest BCUT2D eigenvalue weighted by atomic mass is 35.5. The Kier molecular flexibility index (Phi) is 8.37. The number of ether oxygens (including phenoxy) is 4. The number of esters is 3. The normalized spacial score (nSPS) is 23.3. The molecule has 10 heteroatoms. The van der Waals surface area contributed by atoms with E-state index in [1.165, 1.54) is 12.3 Å². The van der Waals surface area contributed by atoms with Gasteiger partial charge in [-0.2, -0.15) is 0 Å². The van der Waals surface area contributed by atoms with Crippen LogP contribution in [0, 0.1) is 0 Å². The van der Waals surface area contributed by atoms with Crippen molar-refractivity contribution in [3.63, 3.8) is 0 Å². The molecule has 0 saturated carbocycles. The van der Waals surface area contributed by atoms with Gasteiger partial charge in [0.25, 0.3) is 0 Å². The molecule has 124 valence electrons. The number of carbonyl (C=O) groups is 3. The summed E-state index contributed by atoms with van der Waals surface area (Å²) in [7, 11) is 0. The minimum absolute atomic E-state index is 0.245. The summed E-state index contributed by atoms with van der Waals surface area (Å²) < 4.78 is 20.2. The second-order valence-electron chi connectivity index (χ2n) is 4.00. The summed E-state index contributed by atoms with van der Waals surface area (Å²) in [6, 6.07) is 0. The van der Waals surface area contributed by atoms with Crippen molar-refractivity contribution in [1.82, 2.24) is 0 Å². The third-order valence-electron chi connectivity index (χ3n) is 2.48. The molecule has 1 aliphatic heterocycles. The van der Waals surface area contributed by atoms with Gasteiger partial charge in [-0.25, -0.2) is 0 Å². The van der Waals surface area contributed by atoms with Crippen molar-refractivity contribution in [2.24, 2.45) is 0 Å². The molecule has 1 aliphatic rings. The molecule has 3 atom stereocenters. The number of hydrogen-bond donors (Lipinski definition) is 0. The molecule has 0 fully saturated rings. The predicted octanol–water partition coefficient (Wildman–Crippen LogP) is 0.982. The summed E-state index contributed by atoms with van der Waals surface area (Å²) in [5, 5.41) is 0. The molecule has 0 amide bonds. The summed E-state index contributed by atoms with van der Waals surface area (Å²) in [5.74, 6) is -3.22. The first-order valence-electron chi connectivity index (χ1n) is 6.06. The second kappa shape index (κ2) is 9.76. The third-order valence-corrected chi connectivity index (χ3v) is 3.14. The zero-order chi connectivity index (χ0) is 16.5. The van der Waals surface area contributed by atoms with Crippen LogP contribution in [0.15, 0.2) is 12.3 Å². The SMILES string of the molecule is O=C(CCl)OC[C@H]1OC=C[C@@H](OC(=O)CCl)[C@@H]1OC(=O)CCl. The first-order chi connectivity index (χ1) is 10.5. The molecule has 0 N–H and O–H groups in total. The van der Waals surface area contributed by atoms with E-state index in [1.807, 2.05) is 0 Å². The van der Waals surface area contributed by atoms with Gasteiger partial charge in [-0.1, -0.05) is 0 Å². The lowest BCUT2D eigenvalue weighted by Gasteiger charge is -2.33. The lowest BCUT2D eigenvalue weighted by molar-refractivity contribution is -0.178. The molecule has 1 rings (SSSR count). The van der Waals surface area contributed by atoms with Crippen molar-refractivity contribution in [3.05, 3.63) is 12.3 Å². The van der Waals surface area contributed by atoms with Crippen molar-refractivity contribution in [2.75, 3.05) is 24.2 Å². The molecule has 1 heterocycles. The fraction of sp³-hybridized carbons (Fsp3) is 0.583. The molecule has 0 spiro atoms. The van der Waals surface area contributed by atoms with E-state index in [-0.39, 0.29) is 18.4 Å². The molecule has 0 aromatic rings. The molecule has 0 saturated heterocycles. The van der Waals surface area contributed by atoms with Crippen molar-refractivity contribution >= 4 is 52.7 Å². The Labute approximate surface area is 141 Å². The Balaban J connectivity index is 2.79. The van der Waals surface area contributed by atoms with E-state index in [1.54, 1.807) is 0 Å². The van der Waals surface area contributed by atoms with Crippen LogP contribution in [0.2, 0.25) is 0 Å². The van der Waals surface area contributed by atoms with Crippen molar-refractivity contribution in [2.45, 2.75) is 18.3 Å². The van der Waals surface area contributed by atoms with Gasteiger partial charge >= 0.3 is 17.9 Å². The van der Waals surface area contributed by atoms with E-state index in [9.17, 15) is 14.4 Å². The smallest absolute Gasteiger partial charge is 0.321 e. The highest BCUT2D eigenvalue weighted by Crippen LogP contribution is 2.20. The van der Waals surface area contributed by atoms with Crippen LogP contribution < -0.4 is 0 Å². The second-order valence-corrected chi connectivity index (χ2v) is 4.80. The van der Waals surface area contributed by atoms with Gasteiger partial charge in [0.05, 0.1) is 6.26 Å². The lowest BCUT2D eigenvalue weighted by atomic mass is 10.1. The Bertz CT molecular complexity index is 440. The molecule has 0 aliphatic carbocycles. The van der Waals surface area contributed by atoms with E-state index < -0.39 is 42.1 Å². The topological polar surface area (TPSA) is 88.1 Å². The van der Waals surface area contributed by atoms with Gasteiger partial charge in [-0.15, -0.1) is 34.8 Å². The largest absolute Gasteiger partial charge is 0.491 e. The van der Waals surface area contributed by atoms with E-state index in [2.05, 4.69) is 0 Å². The van der Waals surface area contributed by atoms with Gasteiger partial charge in [-0.3, -0.25) is 14.4 Å². The Morgan fingerprint density at radius 3 is 2.14 bits per heavy atom. The molecule has 0 aromatic heterocycles. The van der Waals surface area contributed by atoms with Crippen LogP contribution in [0.4, 0.5) is 0 Å². The summed E-state index contributed by atoms with van der Waals surface area (Å²) in [5.41, 5.74) is 0. The number of alkyl halides is 3. The minimum Gasteiger partial charge on any atom is -0.491 e. The predicted molar refractivity (Wildman–Crippen MR) is 76.9 cm³/mol. The Morgan fingerprint density at radius 2 is 1.55 bits per heavy atom. The van der Waals surface area contributed by atoms with Crippen LogP contribution in [0.25, 0.3) is 0 Å². The lowest BCUT2D eigenvalue weighted by Crippen LogP contribution is -2.48. The molecule has 7 nitrogen and oxygen atoms in total. The van der Waals surface area contributed by atoms with Crippen LogP contribution in [0.1, 0.15) is 0 Å². The van der Waals surface area contributed by atoms with Gasteiger partial charge in [0, 0.05) is 0 Å². The highest BCUT2D eigenvalue weighted by molar-refractivity contribution is 6.27. The first-order valence-corrected chi connectivity index (χ1v) is 7.66. The van der Waals surface area contributed by atoms with Gasteiger partial charge in [0.1, 0.15) is 24.2 Å². The van der Waals surface area contributed by atoms with Crippen molar-refractivity contribution in [1.29, 1.82) is 0 Å². The summed E-state index contributed by atoms with van der Waals surface area (Å²) in [4.78, 5) is 33.8. The molecule has 0 unspecified atom stereocenters. The maximum absolute atomic E-state index is 11.4. The Morgan fingerprint density at radius 1 is 0.955 bits per heavy atom. The molecule has 22 heavy (non-hydrogen) atoms. The first kappa shape index (κ1) is 18.9. The zero-order valence-corrected chi connectivity index (χ0v) is 13.5. The van der Waals surface area contributed by atoms with Gasteiger partial charge in [-0.05, 0) is 6.08 Å². The molecule has 0 aromatic carbocycles. The summed E-state index contributed by atoms with van der Waals surface area (Å²) in [6.07, 6.45) is -0.233. The maximum Gasteiger partial charge on any atom is 0.321 e. The van der Waals surface area contributed by atoms with Gasteiger partial charge in [0.2, 0.25) is 0 Å². The average molecular weight is 376 g/mol. The van der Waals surface area contributed by atoms with E-state index >= 15 is 0 Å².